The molecule has 23 heavy (non-hydrogen) atoms. The van der Waals surface area contributed by atoms with Crippen LogP contribution >= 0.6 is 0 Å². The van der Waals surface area contributed by atoms with Crippen LogP contribution in [0.15, 0.2) is 24.3 Å². The molecule has 0 saturated carbocycles. The van der Waals surface area contributed by atoms with Crippen molar-refractivity contribution in [2.24, 2.45) is 11.8 Å². The van der Waals surface area contributed by atoms with Crippen molar-refractivity contribution < 1.29 is 18.7 Å². The predicted molar refractivity (Wildman–Crippen MR) is 84.5 cm³/mol. The molecule has 0 bridgehead atoms. The zero-order valence-electron chi connectivity index (χ0n) is 13.4. The Labute approximate surface area is 136 Å². The van der Waals surface area contributed by atoms with Crippen molar-refractivity contribution in [2.45, 2.75) is 19.3 Å². The van der Waals surface area contributed by atoms with Crippen molar-refractivity contribution >= 4 is 5.91 Å². The first-order chi connectivity index (χ1) is 11.2. The van der Waals surface area contributed by atoms with Gasteiger partial charge in [0.1, 0.15) is 5.82 Å². The van der Waals surface area contributed by atoms with Gasteiger partial charge >= 0.3 is 0 Å². The number of benzene rings is 1. The Morgan fingerprint density at radius 2 is 1.96 bits per heavy atom. The summed E-state index contributed by atoms with van der Waals surface area (Å²) in [7, 11) is 0. The van der Waals surface area contributed by atoms with E-state index in [1.165, 1.54) is 6.07 Å². The van der Waals surface area contributed by atoms with Crippen LogP contribution in [-0.4, -0.2) is 50.3 Å². The zero-order valence-corrected chi connectivity index (χ0v) is 13.4. The number of carbonyl (C=O) groups excluding carboxylic acids is 1. The third kappa shape index (κ3) is 4.30. The molecule has 0 spiro atoms. The van der Waals surface area contributed by atoms with E-state index in [0.717, 1.165) is 12.8 Å². The second kappa shape index (κ2) is 7.88. The highest BCUT2D eigenvalue weighted by Crippen LogP contribution is 2.21. The number of hydrogen-bond donors (Lipinski definition) is 0. The Balaban J connectivity index is 1.63. The third-order valence-corrected chi connectivity index (χ3v) is 4.69. The van der Waals surface area contributed by atoms with Gasteiger partial charge < -0.3 is 14.4 Å². The summed E-state index contributed by atoms with van der Waals surface area (Å²) in [6.45, 7) is 3.74. The Morgan fingerprint density at radius 1 is 1.17 bits per heavy atom. The van der Waals surface area contributed by atoms with Crippen LogP contribution in [0.1, 0.15) is 18.4 Å². The van der Waals surface area contributed by atoms with Gasteiger partial charge in [0.15, 0.2) is 0 Å². The van der Waals surface area contributed by atoms with Crippen LogP contribution < -0.4 is 0 Å². The maximum atomic E-state index is 13.9. The lowest BCUT2D eigenvalue weighted by atomic mass is 9.96. The summed E-state index contributed by atoms with van der Waals surface area (Å²) in [6.07, 6.45) is 2.20. The first kappa shape index (κ1) is 16.4. The molecule has 1 atom stereocenters. The monoisotopic (exact) mass is 321 g/mol. The summed E-state index contributed by atoms with van der Waals surface area (Å²) in [5.74, 6) is 0.227. The molecule has 1 amide bonds. The highest BCUT2D eigenvalue weighted by molar-refractivity contribution is 5.79. The highest BCUT2D eigenvalue weighted by Gasteiger charge is 2.29. The van der Waals surface area contributed by atoms with Gasteiger partial charge in [-0.15, -0.1) is 0 Å². The van der Waals surface area contributed by atoms with Gasteiger partial charge in [-0.2, -0.15) is 0 Å². The van der Waals surface area contributed by atoms with Crippen LogP contribution in [0.3, 0.4) is 0 Å². The smallest absolute Gasteiger partial charge is 0.225 e. The summed E-state index contributed by atoms with van der Waals surface area (Å²) in [5, 5.41) is 0. The fourth-order valence-electron chi connectivity index (χ4n) is 3.38. The Morgan fingerprint density at radius 3 is 2.74 bits per heavy atom. The molecule has 1 aromatic rings. The van der Waals surface area contributed by atoms with Crippen molar-refractivity contribution in [1.82, 2.24) is 4.90 Å². The minimum Gasteiger partial charge on any atom is -0.381 e. The van der Waals surface area contributed by atoms with Crippen molar-refractivity contribution in [2.75, 3.05) is 39.5 Å². The van der Waals surface area contributed by atoms with Crippen molar-refractivity contribution in [3.8, 4) is 0 Å². The van der Waals surface area contributed by atoms with Crippen LogP contribution in [-0.2, 0) is 20.7 Å². The molecule has 0 aliphatic carbocycles. The highest BCUT2D eigenvalue weighted by atomic mass is 19.1. The molecule has 1 aromatic carbocycles. The van der Waals surface area contributed by atoms with E-state index in [0.29, 0.717) is 51.5 Å². The first-order valence-corrected chi connectivity index (χ1v) is 8.41. The molecule has 2 saturated heterocycles. The lowest BCUT2D eigenvalue weighted by molar-refractivity contribution is -0.138. The van der Waals surface area contributed by atoms with Gasteiger partial charge in [0.2, 0.25) is 5.91 Å². The quantitative estimate of drug-likeness (QED) is 0.857. The van der Waals surface area contributed by atoms with E-state index in [2.05, 4.69) is 0 Å². The largest absolute Gasteiger partial charge is 0.381 e. The fourth-order valence-corrected chi connectivity index (χ4v) is 3.38. The average molecular weight is 321 g/mol. The molecule has 4 nitrogen and oxygen atoms in total. The molecule has 126 valence electrons. The number of hydrogen-bond acceptors (Lipinski definition) is 3. The molecule has 2 aliphatic rings. The number of ether oxygens (including phenoxy) is 2. The zero-order chi connectivity index (χ0) is 16.1. The van der Waals surface area contributed by atoms with Gasteiger partial charge in [0.05, 0.1) is 13.2 Å². The number of nitrogens with zero attached hydrogens (tertiary/aromatic N) is 1. The number of halogens is 1. The molecule has 0 radical (unpaired) electrons. The van der Waals surface area contributed by atoms with Crippen LogP contribution in [0, 0.1) is 17.7 Å². The second-order valence-corrected chi connectivity index (χ2v) is 6.41. The first-order valence-electron chi connectivity index (χ1n) is 8.41. The van der Waals surface area contributed by atoms with E-state index in [-0.39, 0.29) is 23.6 Å². The van der Waals surface area contributed by atoms with E-state index >= 15 is 0 Å². The topological polar surface area (TPSA) is 38.8 Å². The Hall–Kier alpha value is -1.46. The standard InChI is InChI=1S/C18H24FNO3/c19-17-4-2-1-3-16(17)11-14-12-20(7-10-23-13-14)18(21)15-5-8-22-9-6-15/h1-4,14-15H,5-13H2. The number of carbonyl (C=O) groups is 1. The van der Waals surface area contributed by atoms with Gasteiger partial charge in [-0.3, -0.25) is 4.79 Å². The lowest BCUT2D eigenvalue weighted by Crippen LogP contribution is -2.41. The second-order valence-electron chi connectivity index (χ2n) is 6.41. The molecule has 0 N–H and O–H groups in total. The van der Waals surface area contributed by atoms with Gasteiger partial charge in [-0.1, -0.05) is 18.2 Å². The van der Waals surface area contributed by atoms with E-state index in [4.69, 9.17) is 9.47 Å². The van der Waals surface area contributed by atoms with Gasteiger partial charge in [-0.25, -0.2) is 4.39 Å². The SMILES string of the molecule is O=C(C1CCOCC1)N1CCOCC(Cc2ccccc2F)C1. The van der Waals surface area contributed by atoms with Crippen LogP contribution in [0.25, 0.3) is 0 Å². The summed E-state index contributed by atoms with van der Waals surface area (Å²) < 4.78 is 24.8. The summed E-state index contributed by atoms with van der Waals surface area (Å²) >= 11 is 0. The minimum absolute atomic E-state index is 0.0657. The molecule has 2 heterocycles. The summed E-state index contributed by atoms with van der Waals surface area (Å²) in [4.78, 5) is 14.6. The fraction of sp³-hybridized carbons (Fsp3) is 0.611. The predicted octanol–water partition coefficient (Wildman–Crippen LogP) is 2.27. The van der Waals surface area contributed by atoms with Gasteiger partial charge in [0.25, 0.3) is 0 Å². The summed E-state index contributed by atoms with van der Waals surface area (Å²) in [6, 6.07) is 6.84. The van der Waals surface area contributed by atoms with Crippen LogP contribution in [0.4, 0.5) is 4.39 Å². The number of amides is 1. The third-order valence-electron chi connectivity index (χ3n) is 4.69. The molecule has 5 heteroatoms. The van der Waals surface area contributed by atoms with Gasteiger partial charge in [0, 0.05) is 38.1 Å². The van der Waals surface area contributed by atoms with Crippen LogP contribution in [0.5, 0.6) is 0 Å². The molecule has 0 aromatic heterocycles. The minimum atomic E-state index is -0.181. The molecule has 3 rings (SSSR count). The summed E-state index contributed by atoms with van der Waals surface area (Å²) in [5.41, 5.74) is 0.696. The lowest BCUT2D eigenvalue weighted by Gasteiger charge is -2.29. The molecule has 2 aliphatic heterocycles. The molecular formula is C18H24FNO3. The maximum absolute atomic E-state index is 13.9. The molecular weight excluding hydrogens is 297 g/mol. The van der Waals surface area contributed by atoms with E-state index in [1.807, 2.05) is 17.0 Å². The Bertz CT molecular complexity index is 531. The maximum Gasteiger partial charge on any atom is 0.225 e. The molecule has 2 fully saturated rings. The number of rotatable bonds is 3. The van der Waals surface area contributed by atoms with Crippen molar-refractivity contribution in [1.29, 1.82) is 0 Å². The van der Waals surface area contributed by atoms with Gasteiger partial charge in [-0.05, 0) is 30.9 Å². The normalized spacial score (nSPS) is 23.5. The van der Waals surface area contributed by atoms with Crippen molar-refractivity contribution in [3.63, 3.8) is 0 Å². The molecule has 1 unspecified atom stereocenters. The van der Waals surface area contributed by atoms with E-state index in [1.54, 1.807) is 6.07 Å². The van der Waals surface area contributed by atoms with Crippen molar-refractivity contribution in [3.05, 3.63) is 35.6 Å². The average Bonchev–Trinajstić information content (AvgIpc) is 2.83. The van der Waals surface area contributed by atoms with Crippen LogP contribution in [0.2, 0.25) is 0 Å². The van der Waals surface area contributed by atoms with E-state index in [9.17, 15) is 9.18 Å². The van der Waals surface area contributed by atoms with E-state index < -0.39 is 0 Å². The Kier molecular flexibility index (Phi) is 5.62.